The fraction of sp³-hybridized carbons (Fsp3) is 0.375. The number of phenolic OH excluding ortho intramolecular Hbond substituents is 2. The maximum Gasteiger partial charge on any atom is 0.250 e. The number of fused-ring (bicyclic) bond motifs is 4. The molecule has 3 amide bonds. The van der Waals surface area contributed by atoms with Crippen LogP contribution in [0.15, 0.2) is 42.5 Å². The lowest BCUT2D eigenvalue weighted by molar-refractivity contribution is -0.143. The minimum absolute atomic E-state index is 0.227. The number of amides is 3. The number of nitrogens with zero attached hydrogens (tertiary/aromatic N) is 1. The summed E-state index contributed by atoms with van der Waals surface area (Å²) in [5.41, 5.74) is 0.590. The quantitative estimate of drug-likeness (QED) is 0.294. The van der Waals surface area contributed by atoms with Gasteiger partial charge >= 0.3 is 0 Å². The molecule has 9 nitrogen and oxygen atoms in total. The van der Waals surface area contributed by atoms with Crippen LogP contribution in [0.2, 0.25) is 0 Å². The lowest BCUT2D eigenvalue weighted by Gasteiger charge is -2.29. The molecule has 2 fully saturated rings. The maximum atomic E-state index is 13.6. The molecule has 172 valence electrons. The number of aromatic hydroxyl groups is 2. The molecular formula is C24H25N3O6. The molecule has 3 aliphatic rings. The number of nitrogens with one attached hydrogen (secondary N) is 2. The number of rotatable bonds is 6. The van der Waals surface area contributed by atoms with Gasteiger partial charge in [-0.1, -0.05) is 24.3 Å². The minimum atomic E-state index is -1.35. The second-order valence-electron chi connectivity index (χ2n) is 8.76. The Hall–Kier alpha value is -3.43. The van der Waals surface area contributed by atoms with Gasteiger partial charge in [0.2, 0.25) is 17.7 Å². The van der Waals surface area contributed by atoms with Gasteiger partial charge < -0.3 is 20.3 Å². The van der Waals surface area contributed by atoms with Crippen molar-refractivity contribution < 1.29 is 29.3 Å². The number of ether oxygens (including phenoxy) is 1. The Morgan fingerprint density at radius 3 is 2.61 bits per heavy atom. The van der Waals surface area contributed by atoms with E-state index >= 15 is 0 Å². The van der Waals surface area contributed by atoms with E-state index in [0.717, 1.165) is 0 Å². The van der Waals surface area contributed by atoms with E-state index in [1.54, 1.807) is 37.4 Å². The molecule has 0 bridgehead atoms. The zero-order valence-corrected chi connectivity index (χ0v) is 18.1. The van der Waals surface area contributed by atoms with Gasteiger partial charge in [0.1, 0.15) is 5.54 Å². The number of hydrogen-bond acceptors (Lipinski definition) is 7. The van der Waals surface area contributed by atoms with Crippen molar-refractivity contribution in [1.82, 2.24) is 10.2 Å². The van der Waals surface area contributed by atoms with E-state index in [0.29, 0.717) is 29.8 Å². The fourth-order valence-electron chi connectivity index (χ4n) is 5.53. The molecule has 4 atom stereocenters. The second kappa shape index (κ2) is 7.86. The molecule has 0 aliphatic carbocycles. The lowest BCUT2D eigenvalue weighted by atomic mass is 9.76. The molecule has 3 aliphatic heterocycles. The standard InChI is InChI=1S/C24H25N3O6/c1-33-10-4-9-27-21(30)19-16(11-13-7-8-17(28)18(29)12-13)26-24(20(19)22(27)31)14-5-2-3-6-15(14)25-23(24)32/h2-3,5-8,12,16,19-20,26,28-29H,4,9-11H2,1H3,(H,25,32)/t16-,19+,20-,24-/m0/s1. The third-order valence-corrected chi connectivity index (χ3v) is 6.94. The molecule has 9 heteroatoms. The van der Waals surface area contributed by atoms with Gasteiger partial charge in [0.05, 0.1) is 11.8 Å². The number of imide groups is 1. The van der Waals surface area contributed by atoms with Gasteiger partial charge in [0, 0.05) is 37.6 Å². The number of anilines is 1. The van der Waals surface area contributed by atoms with Crippen LogP contribution >= 0.6 is 0 Å². The van der Waals surface area contributed by atoms with E-state index in [1.807, 2.05) is 0 Å². The minimum Gasteiger partial charge on any atom is -0.504 e. The monoisotopic (exact) mass is 451 g/mol. The number of methoxy groups -OCH3 is 1. The van der Waals surface area contributed by atoms with E-state index in [4.69, 9.17) is 4.74 Å². The van der Waals surface area contributed by atoms with Crippen LogP contribution < -0.4 is 10.6 Å². The fourth-order valence-corrected chi connectivity index (χ4v) is 5.53. The van der Waals surface area contributed by atoms with Gasteiger partial charge in [-0.05, 0) is 36.6 Å². The first-order valence-corrected chi connectivity index (χ1v) is 10.9. The van der Waals surface area contributed by atoms with E-state index in [2.05, 4.69) is 10.6 Å². The van der Waals surface area contributed by atoms with Crippen LogP contribution in [0, 0.1) is 11.8 Å². The summed E-state index contributed by atoms with van der Waals surface area (Å²) < 4.78 is 5.07. The van der Waals surface area contributed by atoms with E-state index in [9.17, 15) is 24.6 Å². The number of phenols is 2. The Labute approximate surface area is 190 Å². The van der Waals surface area contributed by atoms with Crippen molar-refractivity contribution in [2.24, 2.45) is 11.8 Å². The van der Waals surface area contributed by atoms with Crippen molar-refractivity contribution in [3.63, 3.8) is 0 Å². The molecule has 5 rings (SSSR count). The first-order valence-electron chi connectivity index (χ1n) is 10.9. The number of hydrogen-bond donors (Lipinski definition) is 4. The van der Waals surface area contributed by atoms with E-state index < -0.39 is 23.4 Å². The van der Waals surface area contributed by atoms with Crippen molar-refractivity contribution in [1.29, 1.82) is 0 Å². The molecule has 33 heavy (non-hydrogen) atoms. The predicted molar refractivity (Wildman–Crippen MR) is 117 cm³/mol. The molecular weight excluding hydrogens is 426 g/mol. The molecule has 0 unspecified atom stereocenters. The van der Waals surface area contributed by atoms with Crippen molar-refractivity contribution >= 4 is 23.4 Å². The van der Waals surface area contributed by atoms with Crippen LogP contribution in [0.1, 0.15) is 17.5 Å². The molecule has 2 saturated heterocycles. The summed E-state index contributed by atoms with van der Waals surface area (Å²) in [6, 6.07) is 11.1. The van der Waals surface area contributed by atoms with Crippen molar-refractivity contribution in [2.75, 3.05) is 25.6 Å². The Kier molecular flexibility index (Phi) is 5.10. The average Bonchev–Trinajstić information content (AvgIpc) is 3.37. The largest absolute Gasteiger partial charge is 0.504 e. The maximum absolute atomic E-state index is 13.6. The summed E-state index contributed by atoms with van der Waals surface area (Å²) >= 11 is 0. The van der Waals surface area contributed by atoms with Crippen LogP contribution in [0.4, 0.5) is 5.69 Å². The highest BCUT2D eigenvalue weighted by Gasteiger charge is 2.70. The highest BCUT2D eigenvalue weighted by molar-refractivity contribution is 6.15. The van der Waals surface area contributed by atoms with Crippen LogP contribution in [-0.2, 0) is 31.1 Å². The van der Waals surface area contributed by atoms with Crippen LogP contribution in [0.3, 0.4) is 0 Å². The summed E-state index contributed by atoms with van der Waals surface area (Å²) in [7, 11) is 1.56. The first-order chi connectivity index (χ1) is 15.9. The molecule has 0 saturated carbocycles. The van der Waals surface area contributed by atoms with Crippen molar-refractivity contribution in [3.05, 3.63) is 53.6 Å². The summed E-state index contributed by atoms with van der Waals surface area (Å²) in [6.07, 6.45) is 0.796. The van der Waals surface area contributed by atoms with E-state index in [-0.39, 0.29) is 42.2 Å². The highest BCUT2D eigenvalue weighted by atomic mass is 16.5. The highest BCUT2D eigenvalue weighted by Crippen LogP contribution is 2.53. The summed E-state index contributed by atoms with van der Waals surface area (Å²) in [5.74, 6) is -3.16. The first kappa shape index (κ1) is 21.4. The van der Waals surface area contributed by atoms with Crippen LogP contribution in [0.5, 0.6) is 11.5 Å². The van der Waals surface area contributed by atoms with Gasteiger partial charge in [-0.3, -0.25) is 24.6 Å². The Balaban J connectivity index is 1.56. The lowest BCUT2D eigenvalue weighted by Crippen LogP contribution is -2.53. The van der Waals surface area contributed by atoms with E-state index in [1.165, 1.54) is 17.0 Å². The molecule has 2 aromatic rings. The number of carbonyl (C=O) groups is 3. The average molecular weight is 451 g/mol. The number of likely N-dealkylation sites (tertiary alicyclic amines) is 1. The van der Waals surface area contributed by atoms with Gasteiger partial charge in [0.15, 0.2) is 11.5 Å². The Morgan fingerprint density at radius 1 is 1.06 bits per heavy atom. The summed E-state index contributed by atoms with van der Waals surface area (Å²) in [5, 5.41) is 25.8. The smallest absolute Gasteiger partial charge is 0.250 e. The van der Waals surface area contributed by atoms with Gasteiger partial charge in [-0.2, -0.15) is 0 Å². The SMILES string of the molecule is COCCCN1C(=O)[C@@H]2[C@H](Cc3ccc(O)c(O)c3)N[C@]3(C(=O)Nc4ccccc43)[C@@H]2C1=O. The van der Waals surface area contributed by atoms with Gasteiger partial charge in [-0.15, -0.1) is 0 Å². The van der Waals surface area contributed by atoms with Crippen molar-refractivity contribution in [2.45, 2.75) is 24.4 Å². The van der Waals surface area contributed by atoms with Crippen molar-refractivity contribution in [3.8, 4) is 11.5 Å². The molecule has 3 heterocycles. The summed E-state index contributed by atoms with van der Waals surface area (Å²) in [4.78, 5) is 41.7. The zero-order valence-electron chi connectivity index (χ0n) is 18.1. The molecule has 0 radical (unpaired) electrons. The van der Waals surface area contributed by atoms with Crippen LogP contribution in [0.25, 0.3) is 0 Å². The summed E-state index contributed by atoms with van der Waals surface area (Å²) in [6.45, 7) is 0.639. The molecule has 4 N–H and O–H groups in total. The number of benzene rings is 2. The zero-order chi connectivity index (χ0) is 23.3. The number of carbonyl (C=O) groups excluding carboxylic acids is 3. The predicted octanol–water partition coefficient (Wildman–Crippen LogP) is 1.10. The topological polar surface area (TPSA) is 128 Å². The third-order valence-electron chi connectivity index (χ3n) is 6.94. The molecule has 2 aromatic carbocycles. The van der Waals surface area contributed by atoms with Gasteiger partial charge in [0.25, 0.3) is 0 Å². The Morgan fingerprint density at radius 2 is 1.85 bits per heavy atom. The van der Waals surface area contributed by atoms with Crippen LogP contribution in [-0.4, -0.2) is 59.1 Å². The Bertz CT molecular complexity index is 1150. The normalized spacial score (nSPS) is 27.8. The second-order valence-corrected chi connectivity index (χ2v) is 8.76. The molecule has 0 aromatic heterocycles. The third kappa shape index (κ3) is 3.11. The number of para-hydroxylation sites is 1. The molecule has 1 spiro atoms. The van der Waals surface area contributed by atoms with Gasteiger partial charge in [-0.25, -0.2) is 0 Å².